The number of likely N-dealkylation sites (tertiary alicyclic amines) is 1. The molecule has 0 bridgehead atoms. The Morgan fingerprint density at radius 3 is 2.70 bits per heavy atom. The van der Waals surface area contributed by atoms with Crippen LogP contribution in [0.4, 0.5) is 5.69 Å². The number of carbonyl (C=O) groups is 1. The molecule has 2 aliphatic rings. The van der Waals surface area contributed by atoms with E-state index < -0.39 is 0 Å². The van der Waals surface area contributed by atoms with E-state index in [1.54, 1.807) is 0 Å². The normalized spacial score (nSPS) is 21.1. The maximum Gasteiger partial charge on any atom is 0.228 e. The Kier molecular flexibility index (Phi) is 8.92. The summed E-state index contributed by atoms with van der Waals surface area (Å²) in [7, 11) is 0. The summed E-state index contributed by atoms with van der Waals surface area (Å²) in [5, 5.41) is 6.30. The molecule has 23 heavy (non-hydrogen) atoms. The summed E-state index contributed by atoms with van der Waals surface area (Å²) in [4.78, 5) is 14.7. The molecular formula is C17H27Cl2N3O. The second kappa shape index (κ2) is 10.1. The van der Waals surface area contributed by atoms with Crippen LogP contribution in [0.5, 0.6) is 0 Å². The highest BCUT2D eigenvalue weighted by molar-refractivity contribution is 5.93. The Hall–Kier alpha value is -0.810. The van der Waals surface area contributed by atoms with E-state index in [9.17, 15) is 4.79 Å². The molecule has 2 heterocycles. The van der Waals surface area contributed by atoms with Gasteiger partial charge in [-0.05, 0) is 56.6 Å². The van der Waals surface area contributed by atoms with Gasteiger partial charge < -0.3 is 10.6 Å². The van der Waals surface area contributed by atoms with Crippen molar-refractivity contribution in [1.82, 2.24) is 10.2 Å². The molecule has 2 saturated heterocycles. The Morgan fingerprint density at radius 2 is 2.00 bits per heavy atom. The monoisotopic (exact) mass is 359 g/mol. The molecule has 4 nitrogen and oxygen atoms in total. The van der Waals surface area contributed by atoms with Crippen molar-refractivity contribution in [2.75, 3.05) is 31.5 Å². The number of benzene rings is 1. The van der Waals surface area contributed by atoms with E-state index in [2.05, 4.69) is 27.7 Å². The zero-order valence-electron chi connectivity index (χ0n) is 13.4. The fourth-order valence-corrected chi connectivity index (χ4v) is 3.25. The van der Waals surface area contributed by atoms with Gasteiger partial charge in [-0.3, -0.25) is 9.69 Å². The van der Waals surface area contributed by atoms with E-state index in [0.717, 1.165) is 31.7 Å². The minimum Gasteiger partial charge on any atom is -0.326 e. The number of carbonyl (C=O) groups excluding carboxylic acids is 1. The van der Waals surface area contributed by atoms with Crippen LogP contribution in [-0.2, 0) is 11.3 Å². The van der Waals surface area contributed by atoms with Gasteiger partial charge in [-0.1, -0.05) is 18.6 Å². The SMILES string of the molecule is Cl.Cl.O=C(Nc1cccc(CN2CCCCC2)c1)C1CCNC1. The average Bonchev–Trinajstić information content (AvgIpc) is 3.03. The van der Waals surface area contributed by atoms with Gasteiger partial charge in [0.15, 0.2) is 0 Å². The first kappa shape index (κ1) is 20.2. The van der Waals surface area contributed by atoms with Crippen LogP contribution in [0.1, 0.15) is 31.2 Å². The number of halogens is 2. The van der Waals surface area contributed by atoms with E-state index >= 15 is 0 Å². The van der Waals surface area contributed by atoms with Crippen molar-refractivity contribution in [3.8, 4) is 0 Å². The van der Waals surface area contributed by atoms with Crippen LogP contribution in [0, 0.1) is 5.92 Å². The lowest BCUT2D eigenvalue weighted by molar-refractivity contribution is -0.119. The quantitative estimate of drug-likeness (QED) is 0.868. The number of piperidine rings is 1. The fraction of sp³-hybridized carbons (Fsp3) is 0.588. The number of nitrogens with one attached hydrogen (secondary N) is 2. The van der Waals surface area contributed by atoms with Crippen molar-refractivity contribution < 1.29 is 4.79 Å². The largest absolute Gasteiger partial charge is 0.326 e. The lowest BCUT2D eigenvalue weighted by Crippen LogP contribution is -2.29. The summed E-state index contributed by atoms with van der Waals surface area (Å²) in [5.41, 5.74) is 2.22. The molecule has 2 N–H and O–H groups in total. The van der Waals surface area contributed by atoms with E-state index in [-0.39, 0.29) is 36.6 Å². The summed E-state index contributed by atoms with van der Waals surface area (Å²) in [6.45, 7) is 5.15. The summed E-state index contributed by atoms with van der Waals surface area (Å²) >= 11 is 0. The zero-order chi connectivity index (χ0) is 14.5. The van der Waals surface area contributed by atoms with Gasteiger partial charge in [-0.25, -0.2) is 0 Å². The van der Waals surface area contributed by atoms with Gasteiger partial charge in [-0.15, -0.1) is 24.8 Å². The molecule has 0 radical (unpaired) electrons. The van der Waals surface area contributed by atoms with Crippen molar-refractivity contribution in [3.05, 3.63) is 29.8 Å². The Balaban J connectivity index is 0.00000132. The summed E-state index contributed by atoms with van der Waals surface area (Å²) in [6, 6.07) is 8.30. The Morgan fingerprint density at radius 1 is 1.22 bits per heavy atom. The first-order valence-electron chi connectivity index (χ1n) is 8.14. The second-order valence-electron chi connectivity index (χ2n) is 6.22. The highest BCUT2D eigenvalue weighted by Crippen LogP contribution is 2.17. The molecule has 0 saturated carbocycles. The van der Waals surface area contributed by atoms with Gasteiger partial charge in [0.1, 0.15) is 0 Å². The van der Waals surface area contributed by atoms with E-state index in [1.807, 2.05) is 12.1 Å². The third-order valence-corrected chi connectivity index (χ3v) is 4.48. The van der Waals surface area contributed by atoms with Gasteiger partial charge in [-0.2, -0.15) is 0 Å². The molecule has 6 heteroatoms. The molecule has 1 amide bonds. The van der Waals surface area contributed by atoms with Crippen LogP contribution in [0.15, 0.2) is 24.3 Å². The lowest BCUT2D eigenvalue weighted by Gasteiger charge is -2.26. The van der Waals surface area contributed by atoms with Crippen molar-refractivity contribution in [3.63, 3.8) is 0 Å². The summed E-state index contributed by atoms with van der Waals surface area (Å²) < 4.78 is 0. The van der Waals surface area contributed by atoms with Crippen LogP contribution in [-0.4, -0.2) is 37.0 Å². The van der Waals surface area contributed by atoms with Crippen LogP contribution < -0.4 is 10.6 Å². The van der Waals surface area contributed by atoms with Crippen molar-refractivity contribution in [2.24, 2.45) is 5.92 Å². The molecule has 130 valence electrons. The van der Waals surface area contributed by atoms with Crippen molar-refractivity contribution >= 4 is 36.4 Å². The standard InChI is InChI=1S/C17H25N3O.2ClH/c21-17(15-7-8-18-12-15)19-16-6-4-5-14(11-16)13-20-9-2-1-3-10-20;;/h4-6,11,15,18H,1-3,7-10,12-13H2,(H,19,21);2*1H. The molecule has 1 atom stereocenters. The van der Waals surface area contributed by atoms with Gasteiger partial charge in [0.05, 0.1) is 5.92 Å². The number of hydrogen-bond acceptors (Lipinski definition) is 3. The number of amides is 1. The van der Waals surface area contributed by atoms with Crippen LogP contribution in [0.3, 0.4) is 0 Å². The van der Waals surface area contributed by atoms with Gasteiger partial charge in [0.2, 0.25) is 5.91 Å². The highest BCUT2D eigenvalue weighted by atomic mass is 35.5. The predicted molar refractivity (Wildman–Crippen MR) is 99.7 cm³/mol. The maximum atomic E-state index is 12.2. The molecule has 0 spiro atoms. The van der Waals surface area contributed by atoms with Crippen LogP contribution >= 0.6 is 24.8 Å². The molecule has 0 aromatic heterocycles. The molecule has 0 aliphatic carbocycles. The second-order valence-corrected chi connectivity index (χ2v) is 6.22. The number of rotatable bonds is 4. The maximum absolute atomic E-state index is 12.2. The Labute approximate surface area is 151 Å². The third kappa shape index (κ3) is 5.96. The summed E-state index contributed by atoms with van der Waals surface area (Å²) in [5.74, 6) is 0.269. The molecule has 1 unspecified atom stereocenters. The topological polar surface area (TPSA) is 44.4 Å². The fourth-order valence-electron chi connectivity index (χ4n) is 3.25. The van der Waals surface area contributed by atoms with Crippen LogP contribution in [0.25, 0.3) is 0 Å². The predicted octanol–water partition coefficient (Wildman–Crippen LogP) is 3.06. The molecule has 1 aromatic rings. The minimum atomic E-state index is 0. The summed E-state index contributed by atoms with van der Waals surface area (Å²) in [6.07, 6.45) is 4.93. The average molecular weight is 360 g/mol. The first-order valence-corrected chi connectivity index (χ1v) is 8.14. The van der Waals surface area contributed by atoms with Crippen molar-refractivity contribution in [2.45, 2.75) is 32.2 Å². The lowest BCUT2D eigenvalue weighted by atomic mass is 10.1. The zero-order valence-corrected chi connectivity index (χ0v) is 15.1. The van der Waals surface area contributed by atoms with E-state index in [4.69, 9.17) is 0 Å². The van der Waals surface area contributed by atoms with Crippen molar-refractivity contribution in [1.29, 1.82) is 0 Å². The van der Waals surface area contributed by atoms with E-state index in [0.29, 0.717) is 0 Å². The van der Waals surface area contributed by atoms with Crippen LogP contribution in [0.2, 0.25) is 0 Å². The third-order valence-electron chi connectivity index (χ3n) is 4.48. The molecule has 1 aromatic carbocycles. The first-order chi connectivity index (χ1) is 10.3. The number of nitrogens with zero attached hydrogens (tertiary/aromatic N) is 1. The molecule has 3 rings (SSSR count). The molecule has 2 fully saturated rings. The molecule has 2 aliphatic heterocycles. The van der Waals surface area contributed by atoms with Gasteiger partial charge in [0, 0.05) is 18.8 Å². The number of anilines is 1. The van der Waals surface area contributed by atoms with Gasteiger partial charge >= 0.3 is 0 Å². The smallest absolute Gasteiger partial charge is 0.228 e. The number of hydrogen-bond donors (Lipinski definition) is 2. The highest BCUT2D eigenvalue weighted by Gasteiger charge is 2.22. The minimum absolute atomic E-state index is 0. The van der Waals surface area contributed by atoms with Gasteiger partial charge in [0.25, 0.3) is 0 Å². The Bertz CT molecular complexity index is 486. The van der Waals surface area contributed by atoms with E-state index in [1.165, 1.54) is 37.9 Å². The molecular weight excluding hydrogens is 333 g/mol.